The molecule has 2 aliphatic rings. The number of hydrogen-bond donors (Lipinski definition) is 3. The second-order valence-electron chi connectivity index (χ2n) is 9.95. The van der Waals surface area contributed by atoms with E-state index in [4.69, 9.17) is 16.3 Å². The smallest absolute Gasteiger partial charge is 0.224 e. The van der Waals surface area contributed by atoms with Gasteiger partial charge in [0.1, 0.15) is 11.3 Å². The molecule has 11 nitrogen and oxygen atoms in total. The first-order valence-corrected chi connectivity index (χ1v) is 13.8. The number of nitrogens with zero attached hydrogens (tertiary/aromatic N) is 5. The molecule has 4 heterocycles. The predicted octanol–water partition coefficient (Wildman–Crippen LogP) is 3.73. The van der Waals surface area contributed by atoms with Crippen molar-refractivity contribution in [3.63, 3.8) is 0 Å². The van der Waals surface area contributed by atoms with Gasteiger partial charge < -0.3 is 25.6 Å². The summed E-state index contributed by atoms with van der Waals surface area (Å²) >= 11 is 6.20. The molecule has 0 spiro atoms. The van der Waals surface area contributed by atoms with Gasteiger partial charge in [-0.3, -0.25) is 9.59 Å². The molecule has 206 valence electrons. The first kappa shape index (κ1) is 27.0. The molecule has 0 unspecified atom stereocenters. The summed E-state index contributed by atoms with van der Waals surface area (Å²) in [7, 11) is 0. The Morgan fingerprint density at radius 2 is 1.77 bits per heavy atom. The van der Waals surface area contributed by atoms with Crippen molar-refractivity contribution in [3.8, 4) is 0 Å². The average molecular weight is 553 g/mol. The second-order valence-corrected chi connectivity index (χ2v) is 10.3. The van der Waals surface area contributed by atoms with E-state index in [9.17, 15) is 9.59 Å². The van der Waals surface area contributed by atoms with Gasteiger partial charge in [0.15, 0.2) is 5.15 Å². The Kier molecular flexibility index (Phi) is 9.00. The van der Waals surface area contributed by atoms with Crippen molar-refractivity contribution >= 4 is 51.8 Å². The molecule has 0 radical (unpaired) electrons. The summed E-state index contributed by atoms with van der Waals surface area (Å²) in [5.41, 5.74) is 1.22. The molecule has 1 saturated carbocycles. The van der Waals surface area contributed by atoms with Crippen LogP contribution in [0, 0.1) is 5.92 Å². The van der Waals surface area contributed by atoms with Crippen molar-refractivity contribution < 1.29 is 14.3 Å². The number of aromatic nitrogens is 4. The number of morpholine rings is 1. The lowest BCUT2D eigenvalue weighted by molar-refractivity contribution is -0.136. The summed E-state index contributed by atoms with van der Waals surface area (Å²) in [6.07, 6.45) is 9.40. The Labute approximate surface area is 232 Å². The molecule has 3 aromatic rings. The maximum atomic E-state index is 12.2. The number of carbonyl (C=O) groups is 2. The number of halogens is 1. The maximum Gasteiger partial charge on any atom is 0.224 e. The molecule has 1 saturated heterocycles. The van der Waals surface area contributed by atoms with Crippen molar-refractivity contribution in [1.82, 2.24) is 24.8 Å². The van der Waals surface area contributed by atoms with Gasteiger partial charge in [0.2, 0.25) is 17.8 Å². The van der Waals surface area contributed by atoms with Gasteiger partial charge in [-0.1, -0.05) is 11.6 Å². The largest absolute Gasteiger partial charge is 0.378 e. The van der Waals surface area contributed by atoms with E-state index in [1.807, 2.05) is 18.2 Å². The molecule has 3 N–H and O–H groups in total. The maximum absolute atomic E-state index is 12.2. The average Bonchev–Trinajstić information content (AvgIpc) is 2.97. The number of amides is 2. The van der Waals surface area contributed by atoms with Crippen molar-refractivity contribution in [2.45, 2.75) is 44.6 Å². The highest BCUT2D eigenvalue weighted by Gasteiger charge is 2.22. The zero-order chi connectivity index (χ0) is 27.0. The van der Waals surface area contributed by atoms with E-state index in [1.165, 1.54) is 0 Å². The zero-order valence-electron chi connectivity index (χ0n) is 21.7. The quantitative estimate of drug-likeness (QED) is 0.339. The van der Waals surface area contributed by atoms with E-state index in [0.717, 1.165) is 43.4 Å². The van der Waals surface area contributed by atoms with E-state index in [1.54, 1.807) is 23.5 Å². The molecule has 2 amide bonds. The van der Waals surface area contributed by atoms with Crippen LogP contribution in [-0.4, -0.2) is 75.5 Å². The Balaban J connectivity index is 1.00. The number of fused-ring (bicyclic) bond motifs is 1. The first-order chi connectivity index (χ1) is 19.0. The number of anilines is 3. The third kappa shape index (κ3) is 7.51. The topological polar surface area (TPSA) is 134 Å². The first-order valence-electron chi connectivity index (χ1n) is 13.4. The molecule has 0 atom stereocenters. The van der Waals surface area contributed by atoms with Crippen LogP contribution >= 0.6 is 11.6 Å². The Morgan fingerprint density at radius 3 is 2.54 bits per heavy atom. The summed E-state index contributed by atoms with van der Waals surface area (Å²) in [4.78, 5) is 43.6. The Hall–Kier alpha value is -3.57. The van der Waals surface area contributed by atoms with Gasteiger partial charge >= 0.3 is 0 Å². The van der Waals surface area contributed by atoms with E-state index in [0.29, 0.717) is 60.6 Å². The third-order valence-corrected chi connectivity index (χ3v) is 7.45. The van der Waals surface area contributed by atoms with Gasteiger partial charge in [-0.25, -0.2) is 19.9 Å². The molecule has 3 aromatic heterocycles. The number of carbonyl (C=O) groups excluding carboxylic acids is 2. The van der Waals surface area contributed by atoms with Crippen molar-refractivity contribution in [1.29, 1.82) is 0 Å². The fourth-order valence-corrected chi connectivity index (χ4v) is 5.16. The van der Waals surface area contributed by atoms with Crippen LogP contribution in [0.2, 0.25) is 5.15 Å². The van der Waals surface area contributed by atoms with Gasteiger partial charge in [0, 0.05) is 50.1 Å². The number of nitrogens with one attached hydrogen (secondary N) is 3. The summed E-state index contributed by atoms with van der Waals surface area (Å²) in [6.45, 7) is 3.05. The summed E-state index contributed by atoms with van der Waals surface area (Å²) in [5.74, 6) is 1.62. The van der Waals surface area contributed by atoms with Gasteiger partial charge in [0.05, 0.1) is 31.3 Å². The number of ether oxygens (including phenoxy) is 1. The summed E-state index contributed by atoms with van der Waals surface area (Å²) in [6, 6.07) is 6.27. The Morgan fingerprint density at radius 1 is 1.00 bits per heavy atom. The second kappa shape index (κ2) is 13.0. The van der Waals surface area contributed by atoms with Gasteiger partial charge in [-0.2, -0.15) is 0 Å². The van der Waals surface area contributed by atoms with Gasteiger partial charge in [0.25, 0.3) is 0 Å². The van der Waals surface area contributed by atoms with Crippen LogP contribution in [0.1, 0.15) is 38.5 Å². The third-order valence-electron chi connectivity index (χ3n) is 7.18. The fraction of sp³-hybridized carbons (Fsp3) is 0.481. The van der Waals surface area contributed by atoms with Crippen molar-refractivity contribution in [2.75, 3.05) is 48.8 Å². The normalized spacial score (nSPS) is 19.5. The van der Waals surface area contributed by atoms with Crippen LogP contribution in [0.5, 0.6) is 0 Å². The van der Waals surface area contributed by atoms with E-state index in [-0.39, 0.29) is 24.7 Å². The van der Waals surface area contributed by atoms with E-state index < -0.39 is 0 Å². The lowest BCUT2D eigenvalue weighted by atomic mass is 9.86. The molecule has 39 heavy (non-hydrogen) atoms. The highest BCUT2D eigenvalue weighted by molar-refractivity contribution is 6.33. The zero-order valence-corrected chi connectivity index (χ0v) is 22.5. The number of pyridine rings is 2. The molecule has 1 aliphatic heterocycles. The molecule has 1 aliphatic carbocycles. The van der Waals surface area contributed by atoms with Crippen LogP contribution < -0.4 is 16.0 Å². The lowest BCUT2D eigenvalue weighted by Crippen LogP contribution is -2.40. The van der Waals surface area contributed by atoms with Gasteiger partial charge in [-0.15, -0.1) is 0 Å². The summed E-state index contributed by atoms with van der Waals surface area (Å²) < 4.78 is 5.25. The van der Waals surface area contributed by atoms with Crippen LogP contribution in [-0.2, 0) is 14.3 Å². The molecule has 5 rings (SSSR count). The summed E-state index contributed by atoms with van der Waals surface area (Å²) in [5, 5.41) is 11.0. The molecule has 12 heteroatoms. The predicted molar refractivity (Wildman–Crippen MR) is 150 cm³/mol. The molecular formula is C27H33ClN8O3. The standard InChI is InChI=1S/C27H33ClN8O3/c28-26-25-19(9-10-29-26)3-6-22(35-25)33-20-4-1-18(2-5-20)15-30-27-31-16-21(17-32-27)34-23(37)7-8-24(38)36-11-13-39-14-12-36/h3,6,9-10,16-18,20H,1-2,4-5,7-8,11-15H2,(H,33,35)(H,34,37)(H,30,31,32)/t18-,20-. The number of hydrogen-bond acceptors (Lipinski definition) is 9. The molecule has 2 fully saturated rings. The minimum absolute atomic E-state index is 0.0260. The van der Waals surface area contributed by atoms with E-state index in [2.05, 4.69) is 35.9 Å². The van der Waals surface area contributed by atoms with Crippen LogP contribution in [0.25, 0.3) is 10.9 Å². The molecular weight excluding hydrogens is 520 g/mol. The molecule has 0 aromatic carbocycles. The van der Waals surface area contributed by atoms with Gasteiger partial charge in [-0.05, 0) is 49.8 Å². The van der Waals surface area contributed by atoms with Crippen LogP contribution in [0.3, 0.4) is 0 Å². The SMILES string of the molecule is O=C(CCC(=O)N1CCOCC1)Nc1cnc(NC[C@H]2CC[C@H](Nc3ccc4ccnc(Cl)c4n3)CC2)nc1. The van der Waals surface area contributed by atoms with E-state index >= 15 is 0 Å². The van der Waals surface area contributed by atoms with Crippen LogP contribution in [0.4, 0.5) is 17.5 Å². The Bertz CT molecular complexity index is 1280. The highest BCUT2D eigenvalue weighted by atomic mass is 35.5. The van der Waals surface area contributed by atoms with Crippen molar-refractivity contribution in [3.05, 3.63) is 41.9 Å². The minimum atomic E-state index is -0.232. The fourth-order valence-electron chi connectivity index (χ4n) is 4.95. The lowest BCUT2D eigenvalue weighted by Gasteiger charge is -2.29. The minimum Gasteiger partial charge on any atom is -0.378 e. The molecule has 0 bridgehead atoms. The van der Waals surface area contributed by atoms with Crippen LogP contribution in [0.15, 0.2) is 36.8 Å². The monoisotopic (exact) mass is 552 g/mol. The van der Waals surface area contributed by atoms with Crippen molar-refractivity contribution in [2.24, 2.45) is 5.92 Å². The highest BCUT2D eigenvalue weighted by Crippen LogP contribution is 2.28. The number of rotatable bonds is 9.